The number of piperidine rings is 1. The van der Waals surface area contributed by atoms with E-state index in [0.29, 0.717) is 13.2 Å². The van der Waals surface area contributed by atoms with Crippen LogP contribution >= 0.6 is 0 Å². The van der Waals surface area contributed by atoms with Gasteiger partial charge in [0.15, 0.2) is 0 Å². The first-order valence-electron chi connectivity index (χ1n) is 20.9. The smallest absolute Gasteiger partial charge is 0.410 e. The average Bonchev–Trinajstić information content (AvgIpc) is 3.34. The molecule has 0 bridgehead atoms. The molecular weight excluding hydrogens is 759 g/mol. The van der Waals surface area contributed by atoms with Crippen LogP contribution in [0, 0.1) is 0 Å². The van der Waals surface area contributed by atoms with Gasteiger partial charge in [-0.1, -0.05) is 212 Å². The molecular formula is C54H51NO6. The normalized spacial score (nSPS) is 17.7. The van der Waals surface area contributed by atoms with E-state index in [1.807, 2.05) is 176 Å². The molecule has 1 aliphatic rings. The van der Waals surface area contributed by atoms with Crippen molar-refractivity contribution < 1.29 is 28.5 Å². The molecule has 0 saturated carbocycles. The summed E-state index contributed by atoms with van der Waals surface area (Å²) in [7, 11) is 0. The number of rotatable bonds is 17. The van der Waals surface area contributed by atoms with Crippen LogP contribution in [0.1, 0.15) is 38.9 Å². The summed E-state index contributed by atoms with van der Waals surface area (Å²) in [6.45, 7) is 1.24. The Morgan fingerprint density at radius 2 is 0.787 bits per heavy atom. The molecule has 7 nitrogen and oxygen atoms in total. The van der Waals surface area contributed by atoms with Gasteiger partial charge >= 0.3 is 6.09 Å². The molecule has 7 aromatic rings. The second-order valence-corrected chi connectivity index (χ2v) is 15.2. The van der Waals surface area contributed by atoms with Crippen molar-refractivity contribution >= 4 is 6.09 Å². The summed E-state index contributed by atoms with van der Waals surface area (Å²) >= 11 is 0. The molecule has 1 fully saturated rings. The summed E-state index contributed by atoms with van der Waals surface area (Å²) in [6.07, 6.45) is -2.42. The zero-order chi connectivity index (χ0) is 41.5. The molecule has 0 N–H and O–H groups in total. The second-order valence-electron chi connectivity index (χ2n) is 15.2. The maximum atomic E-state index is 14.7. The second kappa shape index (κ2) is 20.8. The third kappa shape index (κ3) is 10.3. The van der Waals surface area contributed by atoms with Gasteiger partial charge in [0.25, 0.3) is 0 Å². The number of nitrogens with zero attached hydrogens (tertiary/aromatic N) is 1. The lowest BCUT2D eigenvalue weighted by atomic mass is 9.80. The zero-order valence-electron chi connectivity index (χ0n) is 34.2. The number of carbonyl (C=O) groups is 1. The van der Waals surface area contributed by atoms with Gasteiger partial charge in [0.05, 0.1) is 39.0 Å². The van der Waals surface area contributed by atoms with Gasteiger partial charge in [-0.15, -0.1) is 0 Å². The molecule has 0 aliphatic carbocycles. The molecule has 4 atom stereocenters. The van der Waals surface area contributed by atoms with Gasteiger partial charge in [0.1, 0.15) is 30.5 Å². The molecule has 0 spiro atoms. The molecule has 8 rings (SSSR count). The van der Waals surface area contributed by atoms with E-state index < -0.39 is 36.0 Å². The number of amides is 1. The Hall–Kier alpha value is -6.35. The van der Waals surface area contributed by atoms with E-state index in [2.05, 4.69) is 36.4 Å². The van der Waals surface area contributed by atoms with Crippen LogP contribution in [0.2, 0.25) is 0 Å². The largest absolute Gasteiger partial charge is 0.445 e. The van der Waals surface area contributed by atoms with Crippen LogP contribution < -0.4 is 0 Å². The Labute approximate surface area is 359 Å². The van der Waals surface area contributed by atoms with E-state index in [-0.39, 0.29) is 26.4 Å². The van der Waals surface area contributed by atoms with E-state index in [9.17, 15) is 4.79 Å². The highest BCUT2D eigenvalue weighted by molar-refractivity contribution is 5.68. The summed E-state index contributed by atoms with van der Waals surface area (Å²) in [5.41, 5.74) is 5.68. The monoisotopic (exact) mass is 809 g/mol. The molecule has 1 aliphatic heterocycles. The Bertz CT molecular complexity index is 2240. The van der Waals surface area contributed by atoms with Crippen molar-refractivity contribution in [2.24, 2.45) is 0 Å². The lowest BCUT2D eigenvalue weighted by molar-refractivity contribution is -0.208. The fourth-order valence-electron chi connectivity index (χ4n) is 8.08. The van der Waals surface area contributed by atoms with Gasteiger partial charge in [-0.2, -0.15) is 0 Å². The molecule has 308 valence electrons. The predicted octanol–water partition coefficient (Wildman–Crippen LogP) is 10.8. The van der Waals surface area contributed by atoms with Crippen molar-refractivity contribution in [3.05, 3.63) is 251 Å². The molecule has 7 heteroatoms. The van der Waals surface area contributed by atoms with Crippen LogP contribution in [0.15, 0.2) is 212 Å². The zero-order valence-corrected chi connectivity index (χ0v) is 34.2. The summed E-state index contributed by atoms with van der Waals surface area (Å²) in [5, 5.41) is 0. The number of hydrogen-bond acceptors (Lipinski definition) is 6. The third-order valence-corrected chi connectivity index (χ3v) is 11.2. The Kier molecular flexibility index (Phi) is 14.1. The minimum Gasteiger partial charge on any atom is -0.445 e. The van der Waals surface area contributed by atoms with Gasteiger partial charge in [0.2, 0.25) is 0 Å². The standard InChI is InChI=1S/C54H51NO6/c56-53(60-40-45-28-14-4-15-29-45)55-36-50(57-37-42-22-8-1-9-23-42)52(59-39-44-26-12-3-13-27-44)51(58-38-43-24-10-2-11-25-43)49(55)41-61-54(46-30-16-5-17-31-46,47-32-18-6-19-33-47)48-34-20-7-21-35-48/h1-35,49-52H,36-41H2/t49-,50+,51+,52+/m0/s1. The number of benzene rings is 7. The van der Waals surface area contributed by atoms with Crippen LogP contribution in [0.3, 0.4) is 0 Å². The topological polar surface area (TPSA) is 66.5 Å². The van der Waals surface area contributed by atoms with E-state index >= 15 is 0 Å². The van der Waals surface area contributed by atoms with Crippen molar-refractivity contribution in [2.75, 3.05) is 13.2 Å². The Morgan fingerprint density at radius 1 is 0.443 bits per heavy atom. The molecule has 7 aromatic carbocycles. The lowest BCUT2D eigenvalue weighted by Gasteiger charge is -2.48. The molecule has 1 saturated heterocycles. The van der Waals surface area contributed by atoms with Crippen LogP contribution in [0.5, 0.6) is 0 Å². The van der Waals surface area contributed by atoms with Gasteiger partial charge in [-0.3, -0.25) is 4.90 Å². The fraction of sp³-hybridized carbons (Fsp3) is 0.204. The van der Waals surface area contributed by atoms with Crippen molar-refractivity contribution in [3.8, 4) is 0 Å². The molecule has 0 aromatic heterocycles. The lowest BCUT2D eigenvalue weighted by Crippen LogP contribution is -2.66. The highest BCUT2D eigenvalue weighted by atomic mass is 16.6. The number of hydrogen-bond donors (Lipinski definition) is 0. The summed E-state index contributed by atoms with van der Waals surface area (Å²) in [5.74, 6) is 0. The summed E-state index contributed by atoms with van der Waals surface area (Å²) in [6, 6.07) is 70.0. The van der Waals surface area contributed by atoms with Gasteiger partial charge in [-0.25, -0.2) is 4.79 Å². The van der Waals surface area contributed by atoms with Crippen LogP contribution in [-0.2, 0) is 55.7 Å². The van der Waals surface area contributed by atoms with Crippen molar-refractivity contribution in [2.45, 2.75) is 56.4 Å². The van der Waals surface area contributed by atoms with Crippen molar-refractivity contribution in [1.82, 2.24) is 4.90 Å². The van der Waals surface area contributed by atoms with Crippen LogP contribution in [0.4, 0.5) is 4.79 Å². The Morgan fingerprint density at radius 3 is 1.20 bits per heavy atom. The fourth-order valence-corrected chi connectivity index (χ4v) is 8.08. The highest BCUT2D eigenvalue weighted by Crippen LogP contribution is 2.42. The van der Waals surface area contributed by atoms with Crippen LogP contribution in [-0.4, -0.2) is 48.5 Å². The van der Waals surface area contributed by atoms with Gasteiger partial charge in [-0.05, 0) is 38.9 Å². The predicted molar refractivity (Wildman–Crippen MR) is 237 cm³/mol. The van der Waals surface area contributed by atoms with Gasteiger partial charge in [0, 0.05) is 0 Å². The summed E-state index contributed by atoms with van der Waals surface area (Å²) in [4.78, 5) is 16.5. The SMILES string of the molecule is O=C(OCc1ccccc1)N1C[C@@H](OCc2ccccc2)[C@@H](OCc2ccccc2)[C@H](OCc2ccccc2)[C@@H]1COC(c1ccccc1)(c1ccccc1)c1ccccc1. The van der Waals surface area contributed by atoms with Gasteiger partial charge < -0.3 is 23.7 Å². The summed E-state index contributed by atoms with van der Waals surface area (Å²) < 4.78 is 34.5. The van der Waals surface area contributed by atoms with Crippen LogP contribution in [0.25, 0.3) is 0 Å². The minimum absolute atomic E-state index is 0.0647. The average molecular weight is 810 g/mol. The van der Waals surface area contributed by atoms with Crippen molar-refractivity contribution in [3.63, 3.8) is 0 Å². The molecule has 0 unspecified atom stereocenters. The maximum Gasteiger partial charge on any atom is 0.410 e. The van der Waals surface area contributed by atoms with E-state index in [1.165, 1.54) is 0 Å². The third-order valence-electron chi connectivity index (χ3n) is 11.2. The number of ether oxygens (including phenoxy) is 5. The van der Waals surface area contributed by atoms with E-state index in [0.717, 1.165) is 38.9 Å². The first-order chi connectivity index (χ1) is 30.2. The van der Waals surface area contributed by atoms with E-state index in [1.54, 1.807) is 4.90 Å². The quantitative estimate of drug-likeness (QED) is 0.0854. The molecule has 1 heterocycles. The molecule has 0 radical (unpaired) electrons. The highest BCUT2D eigenvalue weighted by Gasteiger charge is 2.50. The van der Waals surface area contributed by atoms with E-state index in [4.69, 9.17) is 23.7 Å². The molecule has 1 amide bonds. The number of carbonyl (C=O) groups excluding carboxylic acids is 1. The first kappa shape index (κ1) is 41.4. The minimum atomic E-state index is -1.06. The Balaban J connectivity index is 1.23. The number of likely N-dealkylation sites (tertiary alicyclic amines) is 1. The maximum absolute atomic E-state index is 14.7. The first-order valence-corrected chi connectivity index (χ1v) is 20.9. The molecule has 61 heavy (non-hydrogen) atoms. The van der Waals surface area contributed by atoms with Crippen molar-refractivity contribution in [1.29, 1.82) is 0 Å².